The molecule has 1 fully saturated rings. The lowest BCUT2D eigenvalue weighted by Gasteiger charge is -2.14. The Bertz CT molecular complexity index is 411. The van der Waals surface area contributed by atoms with Gasteiger partial charge in [-0.1, -0.05) is 19.1 Å². The molecule has 1 N–H and O–H groups in total. The molecule has 0 radical (unpaired) electrons. The maximum Gasteiger partial charge on any atom is 0.101 e. The second kappa shape index (κ2) is 3.58. The van der Waals surface area contributed by atoms with Gasteiger partial charge in [0.1, 0.15) is 6.07 Å². The molecule has 1 saturated carbocycles. The first kappa shape index (κ1) is 10.0. The molecule has 0 atom stereocenters. The van der Waals surface area contributed by atoms with Crippen LogP contribution in [0.25, 0.3) is 0 Å². The van der Waals surface area contributed by atoms with Crippen molar-refractivity contribution < 1.29 is 0 Å². The minimum absolute atomic E-state index is 0.467. The first-order valence-electron chi connectivity index (χ1n) is 5.38. The first-order chi connectivity index (χ1) is 7.14. The summed E-state index contributed by atoms with van der Waals surface area (Å²) in [5.41, 5.74) is 3.38. The molecule has 2 rings (SSSR count). The van der Waals surface area contributed by atoms with E-state index in [1.807, 2.05) is 25.1 Å². The standard InChI is InChI=1S/C13H16N2/c1-10-4-3-5-11(8-14)12(10)15-9-13(2)6-7-13/h3-5,15H,6-7,9H2,1-2H3. The van der Waals surface area contributed by atoms with Crippen LogP contribution in [0.3, 0.4) is 0 Å². The van der Waals surface area contributed by atoms with Crippen LogP contribution < -0.4 is 5.32 Å². The van der Waals surface area contributed by atoms with Crippen LogP contribution in [-0.2, 0) is 0 Å². The molecular formula is C13H16N2. The molecule has 78 valence electrons. The predicted octanol–water partition coefficient (Wildman–Crippen LogP) is 3.08. The summed E-state index contributed by atoms with van der Waals surface area (Å²) in [4.78, 5) is 0. The van der Waals surface area contributed by atoms with Crippen LogP contribution in [0.1, 0.15) is 30.9 Å². The third kappa shape index (κ3) is 2.12. The fraction of sp³-hybridized carbons (Fsp3) is 0.462. The van der Waals surface area contributed by atoms with E-state index in [2.05, 4.69) is 18.3 Å². The maximum atomic E-state index is 9.00. The van der Waals surface area contributed by atoms with Crippen LogP contribution in [0, 0.1) is 23.7 Å². The topological polar surface area (TPSA) is 35.8 Å². The molecule has 0 spiro atoms. The van der Waals surface area contributed by atoms with Crippen LogP contribution in [-0.4, -0.2) is 6.54 Å². The van der Waals surface area contributed by atoms with E-state index in [9.17, 15) is 0 Å². The average molecular weight is 200 g/mol. The highest BCUT2D eigenvalue weighted by Crippen LogP contribution is 2.45. The van der Waals surface area contributed by atoms with Gasteiger partial charge in [-0.25, -0.2) is 0 Å². The van der Waals surface area contributed by atoms with Crippen molar-refractivity contribution in [2.45, 2.75) is 26.7 Å². The summed E-state index contributed by atoms with van der Waals surface area (Å²) in [5.74, 6) is 0. The Morgan fingerprint density at radius 3 is 2.80 bits per heavy atom. The summed E-state index contributed by atoms with van der Waals surface area (Å²) >= 11 is 0. The molecule has 0 unspecified atom stereocenters. The van der Waals surface area contributed by atoms with Gasteiger partial charge in [0.05, 0.1) is 11.3 Å². The molecule has 0 amide bonds. The van der Waals surface area contributed by atoms with Gasteiger partial charge in [-0.05, 0) is 36.8 Å². The van der Waals surface area contributed by atoms with Crippen molar-refractivity contribution in [1.29, 1.82) is 5.26 Å². The lowest BCUT2D eigenvalue weighted by atomic mass is 10.1. The van der Waals surface area contributed by atoms with Crippen molar-refractivity contribution in [2.75, 3.05) is 11.9 Å². The van der Waals surface area contributed by atoms with Crippen LogP contribution >= 0.6 is 0 Å². The number of rotatable bonds is 3. The number of para-hydroxylation sites is 1. The number of anilines is 1. The third-order valence-corrected chi connectivity index (χ3v) is 3.19. The number of nitriles is 1. The van der Waals surface area contributed by atoms with Crippen molar-refractivity contribution in [3.63, 3.8) is 0 Å². The minimum atomic E-state index is 0.467. The summed E-state index contributed by atoms with van der Waals surface area (Å²) in [6.07, 6.45) is 2.60. The number of hydrogen-bond acceptors (Lipinski definition) is 2. The highest BCUT2D eigenvalue weighted by atomic mass is 14.9. The zero-order valence-corrected chi connectivity index (χ0v) is 9.30. The summed E-state index contributed by atoms with van der Waals surface area (Å²) in [6, 6.07) is 8.06. The van der Waals surface area contributed by atoms with E-state index in [-0.39, 0.29) is 0 Å². The van der Waals surface area contributed by atoms with Crippen molar-refractivity contribution in [3.8, 4) is 6.07 Å². The fourth-order valence-electron chi connectivity index (χ4n) is 1.69. The number of benzene rings is 1. The molecule has 2 nitrogen and oxygen atoms in total. The lowest BCUT2D eigenvalue weighted by molar-refractivity contribution is 0.610. The maximum absolute atomic E-state index is 9.00. The Hall–Kier alpha value is -1.49. The second-order valence-electron chi connectivity index (χ2n) is 4.77. The van der Waals surface area contributed by atoms with Crippen LogP contribution in [0.2, 0.25) is 0 Å². The Morgan fingerprint density at radius 1 is 1.47 bits per heavy atom. The van der Waals surface area contributed by atoms with Gasteiger partial charge in [0.15, 0.2) is 0 Å². The zero-order chi connectivity index (χ0) is 10.9. The van der Waals surface area contributed by atoms with Crippen molar-refractivity contribution in [2.24, 2.45) is 5.41 Å². The summed E-state index contributed by atoms with van der Waals surface area (Å²) in [5, 5.41) is 12.4. The minimum Gasteiger partial charge on any atom is -0.383 e. The average Bonchev–Trinajstić information content (AvgIpc) is 2.95. The predicted molar refractivity (Wildman–Crippen MR) is 61.7 cm³/mol. The summed E-state index contributed by atoms with van der Waals surface area (Å²) in [6.45, 7) is 5.30. The van der Waals surface area contributed by atoms with Gasteiger partial charge in [-0.15, -0.1) is 0 Å². The normalized spacial score (nSPS) is 16.9. The Kier molecular flexibility index (Phi) is 2.40. The SMILES string of the molecule is Cc1cccc(C#N)c1NCC1(C)CC1. The first-order valence-corrected chi connectivity index (χ1v) is 5.38. The highest BCUT2D eigenvalue weighted by Gasteiger charge is 2.36. The van der Waals surface area contributed by atoms with Crippen LogP contribution in [0.4, 0.5) is 5.69 Å². The molecule has 1 aromatic carbocycles. The Balaban J connectivity index is 2.16. The summed E-state index contributed by atoms with van der Waals surface area (Å²) in [7, 11) is 0. The molecule has 0 saturated heterocycles. The zero-order valence-electron chi connectivity index (χ0n) is 9.30. The molecular weight excluding hydrogens is 184 g/mol. The molecule has 1 aromatic rings. The third-order valence-electron chi connectivity index (χ3n) is 3.19. The largest absolute Gasteiger partial charge is 0.383 e. The molecule has 15 heavy (non-hydrogen) atoms. The Labute approximate surface area is 90.9 Å². The van der Waals surface area contributed by atoms with Crippen LogP contribution in [0.15, 0.2) is 18.2 Å². The van der Waals surface area contributed by atoms with Gasteiger partial charge in [0.25, 0.3) is 0 Å². The summed E-state index contributed by atoms with van der Waals surface area (Å²) < 4.78 is 0. The molecule has 0 aromatic heterocycles. The number of nitrogens with zero attached hydrogens (tertiary/aromatic N) is 1. The number of aryl methyl sites for hydroxylation is 1. The van der Waals surface area contributed by atoms with Gasteiger partial charge in [0.2, 0.25) is 0 Å². The van der Waals surface area contributed by atoms with E-state index in [4.69, 9.17) is 5.26 Å². The van der Waals surface area contributed by atoms with E-state index in [0.717, 1.165) is 23.4 Å². The molecule has 0 heterocycles. The van der Waals surface area contributed by atoms with Gasteiger partial charge in [-0.3, -0.25) is 0 Å². The van der Waals surface area contributed by atoms with E-state index < -0.39 is 0 Å². The lowest BCUT2D eigenvalue weighted by Crippen LogP contribution is -2.13. The second-order valence-corrected chi connectivity index (χ2v) is 4.77. The monoisotopic (exact) mass is 200 g/mol. The molecule has 2 heteroatoms. The van der Waals surface area contributed by atoms with E-state index in [1.165, 1.54) is 12.8 Å². The van der Waals surface area contributed by atoms with E-state index >= 15 is 0 Å². The van der Waals surface area contributed by atoms with E-state index in [1.54, 1.807) is 0 Å². The molecule has 1 aliphatic rings. The molecule has 1 aliphatic carbocycles. The van der Waals surface area contributed by atoms with Crippen molar-refractivity contribution >= 4 is 5.69 Å². The van der Waals surface area contributed by atoms with E-state index in [0.29, 0.717) is 5.41 Å². The smallest absolute Gasteiger partial charge is 0.101 e. The van der Waals surface area contributed by atoms with Gasteiger partial charge in [0, 0.05) is 6.54 Å². The number of hydrogen-bond donors (Lipinski definition) is 1. The molecule has 0 aliphatic heterocycles. The van der Waals surface area contributed by atoms with Crippen molar-refractivity contribution in [1.82, 2.24) is 0 Å². The van der Waals surface area contributed by atoms with Crippen molar-refractivity contribution in [3.05, 3.63) is 29.3 Å². The fourth-order valence-corrected chi connectivity index (χ4v) is 1.69. The van der Waals surface area contributed by atoms with Crippen LogP contribution in [0.5, 0.6) is 0 Å². The van der Waals surface area contributed by atoms with Gasteiger partial charge < -0.3 is 5.32 Å². The molecule has 0 bridgehead atoms. The quantitative estimate of drug-likeness (QED) is 0.813. The van der Waals surface area contributed by atoms with Gasteiger partial charge in [-0.2, -0.15) is 5.26 Å². The Morgan fingerprint density at radius 2 is 2.20 bits per heavy atom. The number of nitrogens with one attached hydrogen (secondary N) is 1. The highest BCUT2D eigenvalue weighted by molar-refractivity contribution is 5.62. The van der Waals surface area contributed by atoms with Gasteiger partial charge >= 0.3 is 0 Å².